The van der Waals surface area contributed by atoms with Crippen LogP contribution in [0.25, 0.3) is 21.9 Å². The molecule has 0 bridgehead atoms. The number of para-hydroxylation sites is 2. The van der Waals surface area contributed by atoms with Gasteiger partial charge in [0.1, 0.15) is 5.69 Å². The molecular weight excluding hydrogens is 356 g/mol. The lowest BCUT2D eigenvalue weighted by Crippen LogP contribution is -2.19. The second kappa shape index (κ2) is 7.11. The maximum atomic E-state index is 12.3. The summed E-state index contributed by atoms with van der Waals surface area (Å²) in [6.07, 6.45) is 0.354. The molecule has 0 saturated carbocycles. The van der Waals surface area contributed by atoms with Gasteiger partial charge in [0.15, 0.2) is 0 Å². The van der Waals surface area contributed by atoms with E-state index in [0.717, 1.165) is 5.39 Å². The molecule has 0 saturated heterocycles. The summed E-state index contributed by atoms with van der Waals surface area (Å²) in [4.78, 5) is 46.1. The lowest BCUT2D eigenvalue weighted by Gasteiger charge is -2.07. The number of rotatable bonds is 4. The molecule has 1 amide bonds. The molecule has 0 aliphatic carbocycles. The van der Waals surface area contributed by atoms with Crippen molar-refractivity contribution in [2.24, 2.45) is 0 Å². The normalized spacial score (nSPS) is 11.0. The second-order valence-corrected chi connectivity index (χ2v) is 6.66. The number of H-pyrrole nitrogens is 2. The Labute approximate surface area is 159 Å². The Balaban J connectivity index is 1.48. The summed E-state index contributed by atoms with van der Waals surface area (Å²) in [7, 11) is 0. The largest absolute Gasteiger partial charge is 0.326 e. The van der Waals surface area contributed by atoms with E-state index in [1.54, 1.807) is 31.2 Å². The van der Waals surface area contributed by atoms with Crippen LogP contribution in [0.1, 0.15) is 17.7 Å². The Morgan fingerprint density at radius 3 is 2.64 bits per heavy atom. The average Bonchev–Trinajstić information content (AvgIpc) is 2.67. The number of hydrogen-bond acceptors (Lipinski definition) is 4. The predicted molar refractivity (Wildman–Crippen MR) is 109 cm³/mol. The van der Waals surface area contributed by atoms with Gasteiger partial charge in [0.05, 0.1) is 16.6 Å². The van der Waals surface area contributed by atoms with E-state index < -0.39 is 0 Å². The molecule has 0 unspecified atom stereocenters. The molecule has 28 heavy (non-hydrogen) atoms. The Hall–Kier alpha value is -3.74. The van der Waals surface area contributed by atoms with Crippen LogP contribution >= 0.6 is 0 Å². The number of carbonyl (C=O) groups is 1. The van der Waals surface area contributed by atoms with Crippen LogP contribution < -0.4 is 16.4 Å². The van der Waals surface area contributed by atoms with E-state index >= 15 is 0 Å². The van der Waals surface area contributed by atoms with Crippen LogP contribution in [0, 0.1) is 6.92 Å². The van der Waals surface area contributed by atoms with Crippen LogP contribution in [0.4, 0.5) is 5.69 Å². The smallest absolute Gasteiger partial charge is 0.270 e. The van der Waals surface area contributed by atoms with Gasteiger partial charge in [-0.25, -0.2) is 4.98 Å². The Bertz CT molecular complexity index is 1320. The van der Waals surface area contributed by atoms with E-state index in [2.05, 4.69) is 20.3 Å². The fourth-order valence-corrected chi connectivity index (χ4v) is 3.08. The third-order valence-electron chi connectivity index (χ3n) is 4.57. The summed E-state index contributed by atoms with van der Waals surface area (Å²) in [5.41, 5.74) is 3.11. The first-order valence-corrected chi connectivity index (χ1v) is 8.91. The van der Waals surface area contributed by atoms with E-state index in [4.69, 9.17) is 0 Å². The third-order valence-corrected chi connectivity index (χ3v) is 4.57. The number of amides is 1. The van der Waals surface area contributed by atoms with Crippen molar-refractivity contribution in [3.8, 4) is 0 Å². The van der Waals surface area contributed by atoms with Crippen LogP contribution in [-0.2, 0) is 11.2 Å². The lowest BCUT2D eigenvalue weighted by atomic mass is 10.1. The first kappa shape index (κ1) is 17.7. The topological polar surface area (TPSA) is 108 Å². The number of nitrogens with one attached hydrogen (secondary N) is 3. The fraction of sp³-hybridized carbons (Fsp3) is 0.143. The number of aromatic amines is 2. The maximum Gasteiger partial charge on any atom is 0.270 e. The molecule has 2 aromatic heterocycles. The zero-order valence-corrected chi connectivity index (χ0v) is 15.2. The lowest BCUT2D eigenvalue weighted by molar-refractivity contribution is -0.116. The third kappa shape index (κ3) is 3.55. The quantitative estimate of drug-likeness (QED) is 0.510. The summed E-state index contributed by atoms with van der Waals surface area (Å²) in [5, 5.41) is 3.68. The van der Waals surface area contributed by atoms with Gasteiger partial charge in [-0.2, -0.15) is 0 Å². The number of hydrogen-bond donors (Lipinski definition) is 3. The highest BCUT2D eigenvalue weighted by atomic mass is 16.1. The summed E-state index contributed by atoms with van der Waals surface area (Å²) >= 11 is 0. The number of fused-ring (bicyclic) bond motifs is 2. The number of carbonyl (C=O) groups excluding carboxylic acids is 1. The Morgan fingerprint density at radius 1 is 1.00 bits per heavy atom. The number of aryl methyl sites for hydroxylation is 2. The van der Waals surface area contributed by atoms with Crippen LogP contribution in [0.2, 0.25) is 0 Å². The van der Waals surface area contributed by atoms with Gasteiger partial charge >= 0.3 is 0 Å². The average molecular weight is 374 g/mol. The number of benzene rings is 2. The molecular formula is C21H18N4O3. The first-order chi connectivity index (χ1) is 13.5. The predicted octanol–water partition coefficient (Wildman–Crippen LogP) is 2.64. The van der Waals surface area contributed by atoms with E-state index in [1.807, 2.05) is 24.3 Å². The molecule has 0 spiro atoms. The van der Waals surface area contributed by atoms with E-state index in [0.29, 0.717) is 33.5 Å². The highest BCUT2D eigenvalue weighted by Crippen LogP contribution is 2.17. The number of aromatic nitrogens is 3. The van der Waals surface area contributed by atoms with Gasteiger partial charge in [0.2, 0.25) is 5.91 Å². The van der Waals surface area contributed by atoms with Crippen LogP contribution in [0.15, 0.2) is 58.1 Å². The van der Waals surface area contributed by atoms with Gasteiger partial charge in [-0.3, -0.25) is 14.4 Å². The van der Waals surface area contributed by atoms with Gasteiger partial charge in [0, 0.05) is 24.1 Å². The van der Waals surface area contributed by atoms with Crippen molar-refractivity contribution in [1.82, 2.24) is 15.0 Å². The van der Waals surface area contributed by atoms with Crippen LogP contribution in [0.5, 0.6) is 0 Å². The van der Waals surface area contributed by atoms with E-state index in [9.17, 15) is 14.4 Å². The van der Waals surface area contributed by atoms with Crippen molar-refractivity contribution in [1.29, 1.82) is 0 Å². The molecule has 0 fully saturated rings. The zero-order chi connectivity index (χ0) is 19.7. The molecule has 7 heteroatoms. The molecule has 0 atom stereocenters. The Morgan fingerprint density at radius 2 is 1.79 bits per heavy atom. The van der Waals surface area contributed by atoms with Gasteiger partial charge in [-0.1, -0.05) is 18.2 Å². The SMILES string of the molecule is Cc1cc2ccc(NC(=O)CCc3nc4ccccc4[nH]c3=O)cc2[nH]c1=O. The molecule has 3 N–H and O–H groups in total. The van der Waals surface area contributed by atoms with Gasteiger partial charge in [0.25, 0.3) is 11.1 Å². The fourth-order valence-electron chi connectivity index (χ4n) is 3.08. The highest BCUT2D eigenvalue weighted by molar-refractivity contribution is 5.93. The summed E-state index contributed by atoms with van der Waals surface area (Å²) in [6.45, 7) is 1.75. The number of anilines is 1. The van der Waals surface area contributed by atoms with Gasteiger partial charge in [-0.05, 0) is 42.6 Å². The first-order valence-electron chi connectivity index (χ1n) is 8.91. The highest BCUT2D eigenvalue weighted by Gasteiger charge is 2.09. The van der Waals surface area contributed by atoms with Crippen LogP contribution in [-0.4, -0.2) is 20.9 Å². The van der Waals surface area contributed by atoms with E-state index in [1.165, 1.54) is 0 Å². The minimum Gasteiger partial charge on any atom is -0.326 e. The molecule has 4 aromatic rings. The Kier molecular flexibility index (Phi) is 4.49. The summed E-state index contributed by atoms with van der Waals surface area (Å²) in [5.74, 6) is -0.233. The molecule has 0 aliphatic heterocycles. The minimum absolute atomic E-state index is 0.122. The summed E-state index contributed by atoms with van der Waals surface area (Å²) < 4.78 is 0. The van der Waals surface area contributed by atoms with Gasteiger partial charge in [-0.15, -0.1) is 0 Å². The van der Waals surface area contributed by atoms with E-state index in [-0.39, 0.29) is 29.9 Å². The molecule has 7 nitrogen and oxygen atoms in total. The molecule has 140 valence electrons. The minimum atomic E-state index is -0.287. The van der Waals surface area contributed by atoms with Crippen molar-refractivity contribution in [3.05, 3.63) is 80.5 Å². The molecule has 0 aliphatic rings. The molecule has 2 aromatic carbocycles. The molecule has 4 rings (SSSR count). The van der Waals surface area contributed by atoms with Gasteiger partial charge < -0.3 is 15.3 Å². The standard InChI is InChI=1S/C21H18N4O3/c1-12-10-13-6-7-14(11-18(13)25-20(12)27)22-19(26)9-8-17-21(28)24-16-5-3-2-4-15(16)23-17/h2-7,10-11H,8-9H2,1H3,(H,22,26)(H,24,28)(H,25,27). The monoisotopic (exact) mass is 374 g/mol. The van der Waals surface area contributed by atoms with Crippen LogP contribution in [0.3, 0.4) is 0 Å². The number of nitrogens with zero attached hydrogens (tertiary/aromatic N) is 1. The number of pyridine rings is 1. The molecule has 0 radical (unpaired) electrons. The van der Waals surface area contributed by atoms with Crippen molar-refractivity contribution >= 4 is 33.5 Å². The second-order valence-electron chi connectivity index (χ2n) is 6.66. The maximum absolute atomic E-state index is 12.3. The zero-order valence-electron chi connectivity index (χ0n) is 15.2. The van der Waals surface area contributed by atoms with Crippen molar-refractivity contribution in [2.45, 2.75) is 19.8 Å². The summed E-state index contributed by atoms with van der Waals surface area (Å²) in [6, 6.07) is 14.4. The van der Waals surface area contributed by atoms with Crippen molar-refractivity contribution in [2.75, 3.05) is 5.32 Å². The van der Waals surface area contributed by atoms with Crippen molar-refractivity contribution < 1.29 is 4.79 Å². The molecule has 2 heterocycles. The van der Waals surface area contributed by atoms with Crippen molar-refractivity contribution in [3.63, 3.8) is 0 Å².